The summed E-state index contributed by atoms with van der Waals surface area (Å²) < 4.78 is 41.9. The van der Waals surface area contributed by atoms with Crippen molar-refractivity contribution < 1.29 is 22.7 Å². The van der Waals surface area contributed by atoms with Crippen molar-refractivity contribution in [2.75, 3.05) is 23.3 Å². The number of nitrogens with zero attached hydrogens (tertiary/aromatic N) is 3. The van der Waals surface area contributed by atoms with Crippen LogP contribution in [0.15, 0.2) is 53.9 Å². The van der Waals surface area contributed by atoms with Gasteiger partial charge in [-0.1, -0.05) is 18.2 Å². The van der Waals surface area contributed by atoms with Crippen LogP contribution in [0.3, 0.4) is 0 Å². The number of halogens is 3. The van der Waals surface area contributed by atoms with E-state index in [1.165, 1.54) is 24.3 Å². The molecule has 0 radical (unpaired) electrons. The second-order valence-electron chi connectivity index (χ2n) is 7.07. The zero-order valence-corrected chi connectivity index (χ0v) is 17.1. The van der Waals surface area contributed by atoms with Crippen LogP contribution in [0.5, 0.6) is 5.75 Å². The molecule has 10 heteroatoms. The molecule has 1 fully saturated rings. The van der Waals surface area contributed by atoms with Gasteiger partial charge in [-0.3, -0.25) is 4.79 Å². The third-order valence-electron chi connectivity index (χ3n) is 4.91. The van der Waals surface area contributed by atoms with Crippen LogP contribution in [-0.2, 0) is 4.79 Å². The predicted octanol–water partition coefficient (Wildman–Crippen LogP) is 4.96. The highest BCUT2D eigenvalue weighted by Crippen LogP contribution is 2.31. The number of benzene rings is 1. The van der Waals surface area contributed by atoms with Crippen LogP contribution in [0.25, 0.3) is 10.6 Å². The first-order valence-electron chi connectivity index (χ1n) is 9.67. The molecule has 0 spiro atoms. The monoisotopic (exact) mass is 448 g/mol. The van der Waals surface area contributed by atoms with Crippen LogP contribution in [0.1, 0.15) is 12.8 Å². The largest absolute Gasteiger partial charge is 0.573 e. The van der Waals surface area contributed by atoms with E-state index in [1.807, 2.05) is 34.5 Å². The minimum Gasteiger partial charge on any atom is -0.404 e. The van der Waals surface area contributed by atoms with E-state index in [0.717, 1.165) is 23.5 Å². The maximum absolute atomic E-state index is 12.8. The summed E-state index contributed by atoms with van der Waals surface area (Å²) >= 11 is 1.58. The average Bonchev–Trinajstić information content (AvgIpc) is 3.29. The standard InChI is InChI=1S/C21H19F3N4O2S/c22-21(23,24)30-17-7-2-1-6-15(17)25-20(29)14-5-3-11-28(13-14)19-10-9-16(26-27-19)18-8-4-12-31-18/h1-2,4,6-10,12,14H,3,5,11,13H2,(H,25,29). The zero-order valence-electron chi connectivity index (χ0n) is 16.3. The second kappa shape index (κ2) is 8.93. The normalized spacial score (nSPS) is 16.7. The van der Waals surface area contributed by atoms with E-state index in [0.29, 0.717) is 18.8 Å². The summed E-state index contributed by atoms with van der Waals surface area (Å²) in [4.78, 5) is 15.8. The summed E-state index contributed by atoms with van der Waals surface area (Å²) in [6.45, 7) is 1.13. The highest BCUT2D eigenvalue weighted by atomic mass is 32.1. The summed E-state index contributed by atoms with van der Waals surface area (Å²) in [7, 11) is 0. The van der Waals surface area contributed by atoms with E-state index in [9.17, 15) is 18.0 Å². The molecule has 1 aliphatic rings. The van der Waals surface area contributed by atoms with Crippen molar-refractivity contribution in [1.29, 1.82) is 0 Å². The van der Waals surface area contributed by atoms with Gasteiger partial charge in [0.15, 0.2) is 11.6 Å². The van der Waals surface area contributed by atoms with Crippen molar-refractivity contribution in [3.8, 4) is 16.3 Å². The molecule has 0 aliphatic carbocycles. The van der Waals surface area contributed by atoms with E-state index in [4.69, 9.17) is 0 Å². The van der Waals surface area contributed by atoms with Crippen LogP contribution in [0.4, 0.5) is 24.7 Å². The Kier molecular flexibility index (Phi) is 6.08. The summed E-state index contributed by atoms with van der Waals surface area (Å²) in [5.74, 6) is -0.526. The Morgan fingerprint density at radius 1 is 1.13 bits per heavy atom. The maximum Gasteiger partial charge on any atom is 0.573 e. The summed E-state index contributed by atoms with van der Waals surface area (Å²) in [6.07, 6.45) is -3.45. The topological polar surface area (TPSA) is 67.3 Å². The van der Waals surface area contributed by atoms with Gasteiger partial charge in [0, 0.05) is 13.1 Å². The Morgan fingerprint density at radius 2 is 1.97 bits per heavy atom. The third-order valence-corrected chi connectivity index (χ3v) is 5.80. The fourth-order valence-electron chi connectivity index (χ4n) is 3.47. The first-order chi connectivity index (χ1) is 14.9. The Balaban J connectivity index is 1.42. The first kappa shape index (κ1) is 21.1. The lowest BCUT2D eigenvalue weighted by molar-refractivity contribution is -0.274. The van der Waals surface area contributed by atoms with Gasteiger partial charge in [0.05, 0.1) is 16.5 Å². The molecule has 1 N–H and O–H groups in total. The van der Waals surface area contributed by atoms with E-state index in [-0.39, 0.29) is 11.6 Å². The van der Waals surface area contributed by atoms with Gasteiger partial charge in [-0.05, 0) is 48.6 Å². The number of aromatic nitrogens is 2. The number of piperidine rings is 1. The number of para-hydroxylation sites is 2. The lowest BCUT2D eigenvalue weighted by atomic mass is 9.97. The Labute approximate surface area is 180 Å². The Bertz CT molecular complexity index is 1030. The van der Waals surface area contributed by atoms with Gasteiger partial charge in [-0.25, -0.2) is 0 Å². The van der Waals surface area contributed by atoms with Gasteiger partial charge in [0.1, 0.15) is 5.69 Å². The quantitative estimate of drug-likeness (QED) is 0.598. The minimum atomic E-state index is -4.84. The van der Waals surface area contributed by atoms with Crippen LogP contribution in [-0.4, -0.2) is 35.6 Å². The molecule has 1 unspecified atom stereocenters. The number of rotatable bonds is 5. The van der Waals surface area contributed by atoms with Crippen molar-refractivity contribution in [2.24, 2.45) is 5.92 Å². The summed E-state index contributed by atoms with van der Waals surface area (Å²) in [5, 5.41) is 13.1. The van der Waals surface area contributed by atoms with Crippen molar-refractivity contribution in [1.82, 2.24) is 10.2 Å². The molecule has 3 aromatic rings. The molecule has 1 amide bonds. The number of amides is 1. The SMILES string of the molecule is O=C(Nc1ccccc1OC(F)(F)F)C1CCCN(c2ccc(-c3cccs3)nn2)C1. The van der Waals surface area contributed by atoms with Gasteiger partial charge < -0.3 is 15.0 Å². The van der Waals surface area contributed by atoms with E-state index in [2.05, 4.69) is 20.3 Å². The maximum atomic E-state index is 12.8. The van der Waals surface area contributed by atoms with Crippen molar-refractivity contribution >= 4 is 28.7 Å². The van der Waals surface area contributed by atoms with E-state index >= 15 is 0 Å². The molecule has 0 saturated carbocycles. The smallest absolute Gasteiger partial charge is 0.404 e. The molecule has 1 aliphatic heterocycles. The first-order valence-corrected chi connectivity index (χ1v) is 10.6. The molecule has 1 aromatic carbocycles. The highest BCUT2D eigenvalue weighted by Gasteiger charge is 2.33. The van der Waals surface area contributed by atoms with Crippen molar-refractivity contribution in [2.45, 2.75) is 19.2 Å². The molecule has 4 rings (SSSR count). The number of anilines is 2. The number of carbonyl (C=O) groups is 1. The molecule has 31 heavy (non-hydrogen) atoms. The molecule has 6 nitrogen and oxygen atoms in total. The van der Waals surface area contributed by atoms with E-state index < -0.39 is 18.0 Å². The fourth-order valence-corrected chi connectivity index (χ4v) is 4.16. The van der Waals surface area contributed by atoms with Crippen LogP contribution in [0.2, 0.25) is 0 Å². The van der Waals surface area contributed by atoms with Crippen molar-refractivity contribution in [3.05, 3.63) is 53.9 Å². The number of thiophene rings is 1. The number of alkyl halides is 3. The second-order valence-corrected chi connectivity index (χ2v) is 8.02. The number of hydrogen-bond donors (Lipinski definition) is 1. The molecule has 2 aromatic heterocycles. The highest BCUT2D eigenvalue weighted by molar-refractivity contribution is 7.13. The summed E-state index contributed by atoms with van der Waals surface area (Å²) in [6, 6.07) is 13.2. The number of ether oxygens (including phenoxy) is 1. The predicted molar refractivity (Wildman–Crippen MR) is 112 cm³/mol. The number of nitrogens with one attached hydrogen (secondary N) is 1. The van der Waals surface area contributed by atoms with Gasteiger partial charge >= 0.3 is 6.36 Å². The van der Waals surface area contributed by atoms with Gasteiger partial charge in [-0.2, -0.15) is 0 Å². The van der Waals surface area contributed by atoms with Gasteiger partial charge in [-0.15, -0.1) is 34.7 Å². The lowest BCUT2D eigenvalue weighted by Crippen LogP contribution is -2.41. The average molecular weight is 448 g/mol. The lowest BCUT2D eigenvalue weighted by Gasteiger charge is -2.32. The molecular weight excluding hydrogens is 429 g/mol. The Hall–Kier alpha value is -3.14. The van der Waals surface area contributed by atoms with Gasteiger partial charge in [0.2, 0.25) is 5.91 Å². The van der Waals surface area contributed by atoms with Gasteiger partial charge in [0.25, 0.3) is 0 Å². The minimum absolute atomic E-state index is 0.0120. The number of carbonyl (C=O) groups excluding carboxylic acids is 1. The molecule has 1 saturated heterocycles. The molecular formula is C21H19F3N4O2S. The molecule has 0 bridgehead atoms. The van der Waals surface area contributed by atoms with Crippen LogP contribution in [0, 0.1) is 5.92 Å². The summed E-state index contributed by atoms with van der Waals surface area (Å²) in [5.41, 5.74) is 0.772. The van der Waals surface area contributed by atoms with Crippen LogP contribution >= 0.6 is 11.3 Å². The Morgan fingerprint density at radius 3 is 2.68 bits per heavy atom. The zero-order chi connectivity index (χ0) is 21.8. The third kappa shape index (κ3) is 5.32. The molecule has 1 atom stereocenters. The fraction of sp³-hybridized carbons (Fsp3) is 0.286. The molecule has 3 heterocycles. The molecule has 162 valence electrons. The van der Waals surface area contributed by atoms with E-state index in [1.54, 1.807) is 11.3 Å². The number of hydrogen-bond acceptors (Lipinski definition) is 6. The van der Waals surface area contributed by atoms with Crippen molar-refractivity contribution in [3.63, 3.8) is 0 Å². The van der Waals surface area contributed by atoms with Crippen LogP contribution < -0.4 is 15.0 Å².